The van der Waals surface area contributed by atoms with Crippen molar-refractivity contribution in [3.8, 4) is 5.75 Å². The summed E-state index contributed by atoms with van der Waals surface area (Å²) in [6, 6.07) is -3.19. The van der Waals surface area contributed by atoms with E-state index in [1.165, 1.54) is 59.3 Å². The van der Waals surface area contributed by atoms with Crippen molar-refractivity contribution in [1.29, 1.82) is 0 Å². The smallest absolute Gasteiger partial charge is 0.305 e. The number of para-hydroxylation sites is 2. The van der Waals surface area contributed by atoms with Gasteiger partial charge in [-0.2, -0.15) is 0 Å². The van der Waals surface area contributed by atoms with Crippen molar-refractivity contribution in [3.05, 3.63) is 102 Å². The molecule has 17 amide bonds. The maximum absolute atomic E-state index is 15.6. The predicted octanol–water partition coefficient (Wildman–Crippen LogP) is -4.36. The fraction of sp³-hybridized carbons (Fsp3) is 0.524. The number of aliphatic hydroxyl groups excluding tert-OH is 2. The van der Waals surface area contributed by atoms with E-state index >= 15 is 28.8 Å². The third-order valence-electron chi connectivity index (χ3n) is 22.7. The lowest BCUT2D eigenvalue weighted by atomic mass is 10.00. The average Bonchev–Trinajstić information content (AvgIpc) is 1.68. The maximum atomic E-state index is 15.6. The van der Waals surface area contributed by atoms with Crippen LogP contribution in [0, 0.1) is 0 Å². The van der Waals surface area contributed by atoms with Crippen LogP contribution in [0.15, 0.2) is 85.2 Å². The van der Waals surface area contributed by atoms with Crippen LogP contribution in [-0.4, -0.2) is 317 Å². The van der Waals surface area contributed by atoms with Crippen LogP contribution in [0.1, 0.15) is 121 Å². The zero-order valence-corrected chi connectivity index (χ0v) is 72.6. The molecule has 0 aliphatic carbocycles. The Labute approximate surface area is 735 Å². The third kappa shape index (κ3) is 27.1. The van der Waals surface area contributed by atoms with Gasteiger partial charge in [0.15, 0.2) is 0 Å². The topological polar surface area (TPSA) is 634 Å². The summed E-state index contributed by atoms with van der Waals surface area (Å²) >= 11 is 0.759. The number of rotatable bonds is 22. The summed E-state index contributed by atoms with van der Waals surface area (Å²) in [4.78, 5) is 269. The SMILES string of the molecule is CCCC[C@H]1C(=O)N(C)[C@@H](CCCC)C(=O)N[C@@H](C)C(=O)N[C@H](C(=O)NCC(N)=O)CSCC(=O)N[C@@H](Cc2ccc(O)cc2)C(=O)N(C)[C@@H](C)C(=O)N[C@@H](CC(=O)O)C(=O)N2CCC[C@H]2C(=O)N[C@@H](CN)C(=O)N[C@@H](CCC(N)=O)C(=O)N2C[C@H](O)C[C@H]2C(=O)N[C@@H](Cc2c[nH]c3ccccc23)C(=O)NC(CO)C(=O)N[C@@H](Cc2c[nH]c3ccccc23)C(=O)N1C. The maximum Gasteiger partial charge on any atom is 0.305 e. The lowest BCUT2D eigenvalue weighted by molar-refractivity contribution is -0.149. The lowest BCUT2D eigenvalue weighted by Gasteiger charge is -2.36. The number of aromatic nitrogens is 2. The summed E-state index contributed by atoms with van der Waals surface area (Å²) in [5, 5.41) is 69.2. The summed E-state index contributed by atoms with van der Waals surface area (Å²) in [7, 11) is 3.84. The number of likely N-dealkylation sites (N-methyl/N-ethyl adjacent to an activating group) is 3. The molecular formula is C84H116N20O22S. The Bertz CT molecular complexity index is 4840. The number of phenolic OH excluding ortho intramolecular Hbond substituents is 1. The molecule has 2 aromatic heterocycles. The van der Waals surface area contributed by atoms with Crippen LogP contribution in [0.5, 0.6) is 5.75 Å². The normalized spacial score (nSPS) is 25.6. The predicted molar refractivity (Wildman–Crippen MR) is 460 cm³/mol. The summed E-state index contributed by atoms with van der Waals surface area (Å²) in [5.41, 5.74) is 19.6. The summed E-state index contributed by atoms with van der Waals surface area (Å²) in [6.45, 7) is 2.88. The van der Waals surface area contributed by atoms with Crippen LogP contribution in [0.3, 0.4) is 0 Å². The number of hydrogen-bond acceptors (Lipinski definition) is 23. The number of H-pyrrole nitrogens is 2. The molecule has 43 heteroatoms. The van der Waals surface area contributed by atoms with E-state index in [1.807, 2.05) is 13.8 Å². The Hall–Kier alpha value is -12.8. The van der Waals surface area contributed by atoms with Crippen molar-refractivity contribution < 1.29 is 107 Å². The number of benzene rings is 3. The highest BCUT2D eigenvalue weighted by Crippen LogP contribution is 2.27. The first-order chi connectivity index (χ1) is 60.4. The standard InChI is InChI=1S/C84H116N20O22S/c1-8-10-21-63-77(119)91-44(3)71(113)99-62(73(115)90-39-68(87)109)42-127-43-69(110)92-57(31-46-24-26-49(106)27-25-46)80(122)100(5)45(4)72(114)95-59(35-70(111)112)83(125)103-30-16-23-64(103)78(120)97-60(36-85)75(117)93-55(28-29-67(86)108)82(124)104-40-50(107)34-66(104)79(121)94-56(32-47-37-88-53-19-14-12-17-51(47)53)74(116)98-61(41-105)76(118)96-58(33-48-38-89-54-20-15-13-18-52(48)54)81(123)102(7)65(22-11-9-2)84(126)101(63)6/h12-15,17-20,24-27,37-38,44-45,50,55-66,88-89,105-107H,8-11,16,21-23,28-36,39-43,85H2,1-7H3,(H2,86,108)(H2,87,109)(H,90,115)(H,91,119)(H,92,110)(H,93,117)(H,94,121)(H,95,114)(H,96,118)(H,97,120)(H,98,116)(H,99,113)(H,111,112)/t44-,45-,50+,55-,56-,57-,58-,59-,60-,61?,62-,63-,64-,65-,66-/m0/s1. The number of carboxylic acid groups (broad SMARTS) is 1. The Morgan fingerprint density at radius 1 is 0.535 bits per heavy atom. The lowest BCUT2D eigenvalue weighted by Crippen LogP contribution is -2.62. The van der Waals surface area contributed by atoms with Crippen LogP contribution >= 0.6 is 11.8 Å². The molecule has 0 saturated carbocycles. The van der Waals surface area contributed by atoms with E-state index in [-0.39, 0.29) is 57.2 Å². The fourth-order valence-corrected chi connectivity index (χ4v) is 16.2. The highest BCUT2D eigenvalue weighted by Gasteiger charge is 2.46. The van der Waals surface area contributed by atoms with Gasteiger partial charge in [0.25, 0.3) is 0 Å². The zero-order valence-electron chi connectivity index (χ0n) is 71.8. The molecule has 22 N–H and O–H groups in total. The number of fused-ring (bicyclic) bond motifs is 4. The molecule has 5 aromatic rings. The van der Waals surface area contributed by atoms with Gasteiger partial charge >= 0.3 is 5.97 Å². The van der Waals surface area contributed by atoms with Crippen LogP contribution in [0.2, 0.25) is 0 Å². The number of carboxylic acids is 1. The molecule has 3 aromatic carbocycles. The van der Waals surface area contributed by atoms with Crippen molar-refractivity contribution >= 4 is 140 Å². The summed E-state index contributed by atoms with van der Waals surface area (Å²) < 4.78 is 0. The van der Waals surface area contributed by atoms with Gasteiger partial charge in [-0.25, -0.2) is 0 Å². The first-order valence-electron chi connectivity index (χ1n) is 42.0. The van der Waals surface area contributed by atoms with E-state index in [4.69, 9.17) is 17.2 Å². The second-order valence-electron chi connectivity index (χ2n) is 31.9. The first kappa shape index (κ1) is 99.7. The molecule has 8 rings (SSSR count). The summed E-state index contributed by atoms with van der Waals surface area (Å²) in [5.74, 6) is -19.5. The van der Waals surface area contributed by atoms with Gasteiger partial charge in [-0.05, 0) is 86.9 Å². The van der Waals surface area contributed by atoms with Gasteiger partial charge in [0, 0.05) is 113 Å². The number of amides is 17. The highest BCUT2D eigenvalue weighted by molar-refractivity contribution is 8.00. The van der Waals surface area contributed by atoms with E-state index in [2.05, 4.69) is 63.1 Å². The zero-order chi connectivity index (χ0) is 93.2. The number of unbranched alkanes of at least 4 members (excludes halogenated alkanes) is 2. The molecule has 1 unspecified atom stereocenters. The van der Waals surface area contributed by atoms with Crippen molar-refractivity contribution in [2.45, 2.75) is 215 Å². The average molecular weight is 1790 g/mol. The van der Waals surface area contributed by atoms with Crippen LogP contribution in [0.25, 0.3) is 21.8 Å². The van der Waals surface area contributed by atoms with Gasteiger partial charge in [0.05, 0.1) is 31.4 Å². The number of nitrogens with zero attached hydrogens (tertiary/aromatic N) is 5. The van der Waals surface area contributed by atoms with E-state index in [1.54, 1.807) is 60.9 Å². The molecule has 0 radical (unpaired) electrons. The number of phenols is 1. The second kappa shape index (κ2) is 47.0. The number of nitrogens with one attached hydrogen (secondary N) is 12. The van der Waals surface area contributed by atoms with Gasteiger partial charge in [0.1, 0.15) is 90.3 Å². The number of thioether (sulfide) groups is 1. The molecule has 3 aliphatic rings. The number of aliphatic carboxylic acids is 1. The largest absolute Gasteiger partial charge is 0.508 e. The minimum atomic E-state index is -1.92. The van der Waals surface area contributed by atoms with Gasteiger partial charge in [-0.3, -0.25) is 86.3 Å². The highest BCUT2D eigenvalue weighted by atomic mass is 32.2. The molecule has 3 aliphatic heterocycles. The molecule has 0 bridgehead atoms. The number of nitrogens with two attached hydrogens (primary N) is 3. The minimum Gasteiger partial charge on any atom is -0.508 e. The molecule has 127 heavy (non-hydrogen) atoms. The Kier molecular flexibility index (Phi) is 36.9. The number of primary amides is 2. The third-order valence-corrected chi connectivity index (χ3v) is 23.7. The van der Waals surface area contributed by atoms with Gasteiger partial charge in [-0.1, -0.05) is 88.1 Å². The number of aromatic amines is 2. The second-order valence-corrected chi connectivity index (χ2v) is 33.0. The number of carbonyl (C=O) groups is 18. The molecule has 15 atom stereocenters. The molecule has 0 spiro atoms. The Morgan fingerprint density at radius 3 is 1.66 bits per heavy atom. The van der Waals surface area contributed by atoms with Crippen LogP contribution in [0.4, 0.5) is 0 Å². The molecule has 690 valence electrons. The molecular weight excluding hydrogens is 1670 g/mol. The first-order valence-corrected chi connectivity index (χ1v) is 43.2. The number of hydrogen-bond donors (Lipinski definition) is 19. The quantitative estimate of drug-likeness (QED) is 0.0311. The van der Waals surface area contributed by atoms with Gasteiger partial charge in [0.2, 0.25) is 100 Å². The molecule has 5 heterocycles. The Balaban J connectivity index is 1.16. The number of aromatic hydroxyl groups is 1. The number of aliphatic hydroxyl groups is 2. The van der Waals surface area contributed by atoms with E-state index in [9.17, 15) is 78.0 Å². The molecule has 42 nitrogen and oxygen atoms in total. The number of carbonyl (C=O) groups excluding carboxylic acids is 17. The van der Waals surface area contributed by atoms with Crippen molar-refractivity contribution in [3.63, 3.8) is 0 Å². The Morgan fingerprint density at radius 2 is 1.06 bits per heavy atom. The fourth-order valence-electron chi connectivity index (χ4n) is 15.4. The minimum absolute atomic E-state index is 0.00123. The van der Waals surface area contributed by atoms with E-state index < -0.39 is 261 Å². The van der Waals surface area contributed by atoms with Crippen LogP contribution < -0.4 is 70.4 Å². The monoisotopic (exact) mass is 1790 g/mol. The molecule has 3 saturated heterocycles. The van der Waals surface area contributed by atoms with Gasteiger partial charge < -0.3 is 125 Å². The van der Waals surface area contributed by atoms with Crippen LogP contribution in [-0.2, 0) is 106 Å². The molecule has 3 fully saturated rings. The van der Waals surface area contributed by atoms with Crippen molar-refractivity contribution in [2.75, 3.05) is 65.4 Å². The van der Waals surface area contributed by atoms with E-state index in [0.717, 1.165) is 36.3 Å². The summed E-state index contributed by atoms with van der Waals surface area (Å²) in [6.07, 6.45) is -0.111. The van der Waals surface area contributed by atoms with Gasteiger partial charge in [-0.15, -0.1) is 11.8 Å². The van der Waals surface area contributed by atoms with Crippen molar-refractivity contribution in [2.24, 2.45) is 17.2 Å². The van der Waals surface area contributed by atoms with E-state index in [0.29, 0.717) is 64.2 Å². The van der Waals surface area contributed by atoms with Crippen molar-refractivity contribution in [1.82, 2.24) is 87.6 Å².